The average molecular weight is 260 g/mol. The van der Waals surface area contributed by atoms with Crippen molar-refractivity contribution in [1.82, 2.24) is 4.98 Å². The maximum Gasteiger partial charge on any atom is 0.214 e. The van der Waals surface area contributed by atoms with E-state index in [1.54, 1.807) is 12.1 Å². The number of nitrogens with zero attached hydrogens (tertiary/aromatic N) is 1. The quantitative estimate of drug-likeness (QED) is 0.834. The third-order valence-electron chi connectivity index (χ3n) is 2.46. The summed E-state index contributed by atoms with van der Waals surface area (Å²) in [6, 6.07) is 12.5. The number of benzene rings is 1. The van der Waals surface area contributed by atoms with Crippen molar-refractivity contribution in [3.8, 4) is 5.75 Å². The van der Waals surface area contributed by atoms with Crippen LogP contribution in [0.5, 0.6) is 5.75 Å². The van der Waals surface area contributed by atoms with Gasteiger partial charge in [-0.2, -0.15) is 4.39 Å². The number of anilines is 1. The van der Waals surface area contributed by atoms with Crippen molar-refractivity contribution >= 4 is 5.82 Å². The van der Waals surface area contributed by atoms with Crippen LogP contribution in [0.15, 0.2) is 42.5 Å². The number of rotatable bonds is 5. The third-order valence-corrected chi connectivity index (χ3v) is 2.46. The molecule has 0 aliphatic heterocycles. The highest BCUT2D eigenvalue weighted by Crippen LogP contribution is 2.16. The first kappa shape index (κ1) is 13.3. The number of hydrogen-bond acceptors (Lipinski definition) is 3. The fourth-order valence-electron chi connectivity index (χ4n) is 1.70. The number of hydrogen-bond donors (Lipinski definition) is 1. The zero-order valence-corrected chi connectivity index (χ0v) is 11.1. The van der Waals surface area contributed by atoms with Gasteiger partial charge in [0.2, 0.25) is 5.95 Å². The maximum atomic E-state index is 12.9. The Morgan fingerprint density at radius 1 is 1.21 bits per heavy atom. The van der Waals surface area contributed by atoms with Crippen molar-refractivity contribution in [3.63, 3.8) is 0 Å². The Morgan fingerprint density at radius 2 is 2.00 bits per heavy atom. The molecule has 0 saturated heterocycles. The second-order valence-electron chi connectivity index (χ2n) is 4.51. The Morgan fingerprint density at radius 3 is 2.74 bits per heavy atom. The van der Waals surface area contributed by atoms with E-state index in [1.165, 1.54) is 6.07 Å². The molecule has 0 aliphatic rings. The van der Waals surface area contributed by atoms with Gasteiger partial charge in [0.1, 0.15) is 11.6 Å². The summed E-state index contributed by atoms with van der Waals surface area (Å²) in [7, 11) is 0. The predicted octanol–water partition coefficient (Wildman–Crippen LogP) is 3.62. The van der Waals surface area contributed by atoms with Gasteiger partial charge in [-0.1, -0.05) is 18.2 Å². The van der Waals surface area contributed by atoms with Crippen LogP contribution in [0.25, 0.3) is 0 Å². The minimum absolute atomic E-state index is 0.146. The molecule has 4 heteroatoms. The minimum atomic E-state index is -0.484. The Balaban J connectivity index is 1.99. The van der Waals surface area contributed by atoms with E-state index in [9.17, 15) is 4.39 Å². The van der Waals surface area contributed by atoms with Crippen molar-refractivity contribution in [3.05, 3.63) is 54.0 Å². The molecular weight excluding hydrogens is 243 g/mol. The molecule has 1 aromatic heterocycles. The highest BCUT2D eigenvalue weighted by Gasteiger charge is 2.01. The summed E-state index contributed by atoms with van der Waals surface area (Å²) < 4.78 is 18.6. The number of ether oxygens (including phenoxy) is 1. The molecule has 2 aromatic rings. The molecular formula is C15H17FN2O. The van der Waals surface area contributed by atoms with Crippen LogP contribution in [-0.4, -0.2) is 11.1 Å². The first-order chi connectivity index (χ1) is 9.13. The summed E-state index contributed by atoms with van der Waals surface area (Å²) in [4.78, 5) is 3.75. The Hall–Kier alpha value is -2.10. The summed E-state index contributed by atoms with van der Waals surface area (Å²) >= 11 is 0. The molecule has 0 atom stereocenters. The first-order valence-electron chi connectivity index (χ1n) is 6.25. The fraction of sp³-hybridized carbons (Fsp3) is 0.267. The van der Waals surface area contributed by atoms with E-state index in [0.717, 1.165) is 11.3 Å². The number of pyridine rings is 1. The highest BCUT2D eigenvalue weighted by atomic mass is 19.1. The Bertz CT molecular complexity index is 543. The molecule has 0 saturated carbocycles. The van der Waals surface area contributed by atoms with Gasteiger partial charge in [0.25, 0.3) is 0 Å². The summed E-state index contributed by atoms with van der Waals surface area (Å²) in [6.07, 6.45) is 0.146. The van der Waals surface area contributed by atoms with E-state index >= 15 is 0 Å². The Labute approximate surface area is 112 Å². The smallest absolute Gasteiger partial charge is 0.214 e. The third kappa shape index (κ3) is 4.25. The molecule has 0 fully saturated rings. The second kappa shape index (κ2) is 6.18. The van der Waals surface area contributed by atoms with Gasteiger partial charge in [0.05, 0.1) is 6.10 Å². The summed E-state index contributed by atoms with van der Waals surface area (Å²) in [5.41, 5.74) is 1.06. The molecule has 0 bridgehead atoms. The van der Waals surface area contributed by atoms with E-state index in [0.29, 0.717) is 12.4 Å². The molecule has 100 valence electrons. The highest BCUT2D eigenvalue weighted by molar-refractivity contribution is 5.36. The minimum Gasteiger partial charge on any atom is -0.491 e. The molecule has 0 unspecified atom stereocenters. The van der Waals surface area contributed by atoms with E-state index in [2.05, 4.69) is 10.3 Å². The van der Waals surface area contributed by atoms with E-state index < -0.39 is 5.95 Å². The lowest BCUT2D eigenvalue weighted by Gasteiger charge is -2.11. The second-order valence-corrected chi connectivity index (χ2v) is 4.51. The van der Waals surface area contributed by atoms with Crippen LogP contribution in [0, 0.1) is 5.95 Å². The van der Waals surface area contributed by atoms with Gasteiger partial charge in [-0.05, 0) is 43.7 Å². The van der Waals surface area contributed by atoms with Crippen molar-refractivity contribution < 1.29 is 9.13 Å². The van der Waals surface area contributed by atoms with Crippen LogP contribution in [0.3, 0.4) is 0 Å². The molecule has 19 heavy (non-hydrogen) atoms. The SMILES string of the molecule is CC(C)Oc1cccc(CNc2cccc(F)n2)c1. The molecule has 0 spiro atoms. The van der Waals surface area contributed by atoms with Gasteiger partial charge >= 0.3 is 0 Å². The largest absolute Gasteiger partial charge is 0.491 e. The van der Waals surface area contributed by atoms with Crippen LogP contribution < -0.4 is 10.1 Å². The molecule has 1 aromatic carbocycles. The molecule has 2 rings (SSSR count). The van der Waals surface area contributed by atoms with Crippen LogP contribution in [-0.2, 0) is 6.54 Å². The van der Waals surface area contributed by atoms with Gasteiger partial charge < -0.3 is 10.1 Å². The molecule has 0 amide bonds. The summed E-state index contributed by atoms with van der Waals surface area (Å²) in [6.45, 7) is 4.55. The van der Waals surface area contributed by atoms with Crippen molar-refractivity contribution in [2.45, 2.75) is 26.5 Å². The number of aromatic nitrogens is 1. The van der Waals surface area contributed by atoms with Gasteiger partial charge in [0.15, 0.2) is 0 Å². The lowest BCUT2D eigenvalue weighted by atomic mass is 10.2. The first-order valence-corrected chi connectivity index (χ1v) is 6.25. The van der Waals surface area contributed by atoms with Crippen LogP contribution in [0.1, 0.15) is 19.4 Å². The van der Waals surface area contributed by atoms with Gasteiger partial charge in [0, 0.05) is 6.54 Å². The zero-order chi connectivity index (χ0) is 13.7. The van der Waals surface area contributed by atoms with E-state index in [1.807, 2.05) is 38.1 Å². The van der Waals surface area contributed by atoms with Gasteiger partial charge in [-0.15, -0.1) is 0 Å². The summed E-state index contributed by atoms with van der Waals surface area (Å²) in [5, 5.41) is 3.08. The molecule has 1 heterocycles. The monoisotopic (exact) mass is 260 g/mol. The van der Waals surface area contributed by atoms with Gasteiger partial charge in [-0.25, -0.2) is 4.98 Å². The topological polar surface area (TPSA) is 34.1 Å². The van der Waals surface area contributed by atoms with Crippen LogP contribution in [0.2, 0.25) is 0 Å². The normalized spacial score (nSPS) is 10.5. The van der Waals surface area contributed by atoms with Crippen molar-refractivity contribution in [2.24, 2.45) is 0 Å². The molecule has 3 nitrogen and oxygen atoms in total. The summed E-state index contributed by atoms with van der Waals surface area (Å²) in [5.74, 6) is 0.874. The van der Waals surface area contributed by atoms with Gasteiger partial charge in [-0.3, -0.25) is 0 Å². The van der Waals surface area contributed by atoms with E-state index in [-0.39, 0.29) is 6.10 Å². The predicted molar refractivity (Wildman–Crippen MR) is 73.7 cm³/mol. The van der Waals surface area contributed by atoms with Crippen LogP contribution >= 0.6 is 0 Å². The lowest BCUT2D eigenvalue weighted by Crippen LogP contribution is -2.06. The standard InChI is InChI=1S/C15H17FN2O/c1-11(2)19-13-6-3-5-12(9-13)10-17-15-8-4-7-14(16)18-15/h3-9,11H,10H2,1-2H3,(H,17,18). The van der Waals surface area contributed by atoms with Crippen molar-refractivity contribution in [2.75, 3.05) is 5.32 Å². The fourth-order valence-corrected chi connectivity index (χ4v) is 1.70. The number of nitrogens with one attached hydrogen (secondary N) is 1. The van der Waals surface area contributed by atoms with E-state index in [4.69, 9.17) is 4.74 Å². The molecule has 0 radical (unpaired) electrons. The number of halogens is 1. The maximum absolute atomic E-state index is 12.9. The Kier molecular flexibility index (Phi) is 4.34. The molecule has 1 N–H and O–H groups in total. The van der Waals surface area contributed by atoms with Crippen LogP contribution in [0.4, 0.5) is 10.2 Å². The van der Waals surface area contributed by atoms with Crippen molar-refractivity contribution in [1.29, 1.82) is 0 Å². The zero-order valence-electron chi connectivity index (χ0n) is 11.1. The molecule has 0 aliphatic carbocycles. The average Bonchev–Trinajstić information content (AvgIpc) is 2.36. The lowest BCUT2D eigenvalue weighted by molar-refractivity contribution is 0.242.